The van der Waals surface area contributed by atoms with Crippen LogP contribution >= 0.6 is 11.3 Å². The number of amides is 1. The second-order valence-electron chi connectivity index (χ2n) is 5.66. The summed E-state index contributed by atoms with van der Waals surface area (Å²) in [4.78, 5) is 16.2. The summed E-state index contributed by atoms with van der Waals surface area (Å²) in [5.74, 6) is -0.0533. The third-order valence-electron chi connectivity index (χ3n) is 3.27. The minimum absolute atomic E-state index is 0.0322. The second kappa shape index (κ2) is 5.79. The van der Waals surface area contributed by atoms with Crippen LogP contribution in [0.2, 0.25) is 0 Å². The van der Waals surface area contributed by atoms with Crippen LogP contribution < -0.4 is 11.1 Å². The zero-order chi connectivity index (χ0) is 14.8. The minimum atomic E-state index is -0.0533. The minimum Gasteiger partial charge on any atom is -0.397 e. The number of likely N-dealkylation sites (N-methyl/N-ethyl adjacent to an activating group) is 1. The molecule has 1 heterocycles. The van der Waals surface area contributed by atoms with Gasteiger partial charge in [-0.15, -0.1) is 11.3 Å². The van der Waals surface area contributed by atoms with Gasteiger partial charge in [-0.25, -0.2) is 0 Å². The van der Waals surface area contributed by atoms with Gasteiger partial charge < -0.3 is 20.9 Å². The quantitative estimate of drug-likeness (QED) is 0.865. The molecule has 0 aromatic carbocycles. The zero-order valence-electron chi connectivity index (χ0n) is 12.6. The molecule has 0 atom stereocenters. The number of nitrogen functional groups attached to an aromatic ring is 1. The first-order valence-corrected chi connectivity index (χ1v) is 6.99. The van der Waals surface area contributed by atoms with Crippen LogP contribution in [0, 0.1) is 0 Å². The zero-order valence-corrected chi connectivity index (χ0v) is 13.4. The highest BCUT2D eigenvalue weighted by atomic mass is 32.1. The summed E-state index contributed by atoms with van der Waals surface area (Å²) in [6.07, 6.45) is 0. The van der Waals surface area contributed by atoms with Crippen molar-refractivity contribution in [1.82, 2.24) is 9.80 Å². The molecule has 1 aromatic rings. The Morgan fingerprint density at radius 3 is 2.42 bits per heavy atom. The Morgan fingerprint density at radius 1 is 1.37 bits per heavy atom. The van der Waals surface area contributed by atoms with Gasteiger partial charge in [-0.1, -0.05) is 0 Å². The molecule has 0 saturated heterocycles. The van der Waals surface area contributed by atoms with Gasteiger partial charge in [0.25, 0.3) is 5.91 Å². The van der Waals surface area contributed by atoms with E-state index in [2.05, 4.69) is 24.1 Å². The van der Waals surface area contributed by atoms with E-state index in [-0.39, 0.29) is 11.4 Å². The van der Waals surface area contributed by atoms with Crippen molar-refractivity contribution >= 4 is 27.9 Å². The smallest absolute Gasteiger partial charge is 0.265 e. The van der Waals surface area contributed by atoms with Crippen LogP contribution in [0.4, 0.5) is 10.7 Å². The third-order valence-corrected chi connectivity index (χ3v) is 4.36. The van der Waals surface area contributed by atoms with Crippen LogP contribution in [0.1, 0.15) is 23.5 Å². The fourth-order valence-corrected chi connectivity index (χ4v) is 2.32. The van der Waals surface area contributed by atoms with Crippen molar-refractivity contribution in [2.24, 2.45) is 0 Å². The summed E-state index contributed by atoms with van der Waals surface area (Å²) in [5.41, 5.74) is 6.46. The number of nitrogens with zero attached hydrogens (tertiary/aromatic N) is 2. The Hall–Kier alpha value is -1.27. The molecule has 6 heteroatoms. The second-order valence-corrected chi connectivity index (χ2v) is 6.71. The number of nitrogens with one attached hydrogen (secondary N) is 1. The largest absolute Gasteiger partial charge is 0.397 e. The van der Waals surface area contributed by atoms with Gasteiger partial charge in [0.15, 0.2) is 0 Å². The van der Waals surface area contributed by atoms with Crippen molar-refractivity contribution in [1.29, 1.82) is 0 Å². The highest BCUT2D eigenvalue weighted by Crippen LogP contribution is 2.30. The molecule has 1 aromatic heterocycles. The average molecular weight is 284 g/mol. The van der Waals surface area contributed by atoms with Crippen LogP contribution in [0.5, 0.6) is 0 Å². The number of carbonyl (C=O) groups excluding carboxylic acids is 1. The van der Waals surface area contributed by atoms with Crippen LogP contribution in [0.15, 0.2) is 6.07 Å². The predicted octanol–water partition coefficient (Wildman–Crippen LogP) is 1.78. The maximum Gasteiger partial charge on any atom is 0.265 e. The fraction of sp³-hybridized carbons (Fsp3) is 0.615. The Bertz CT molecular complexity index is 451. The molecule has 0 fully saturated rings. The topological polar surface area (TPSA) is 61.6 Å². The molecule has 0 saturated carbocycles. The lowest BCUT2D eigenvalue weighted by Gasteiger charge is -2.32. The van der Waals surface area contributed by atoms with Crippen molar-refractivity contribution in [3.05, 3.63) is 10.9 Å². The van der Waals surface area contributed by atoms with E-state index in [1.165, 1.54) is 16.2 Å². The molecular formula is C13H24N4OS. The molecule has 0 radical (unpaired) electrons. The molecule has 0 unspecified atom stereocenters. The molecule has 108 valence electrons. The van der Waals surface area contributed by atoms with Crippen LogP contribution in [0.3, 0.4) is 0 Å². The van der Waals surface area contributed by atoms with E-state index in [1.807, 2.05) is 20.2 Å². The van der Waals surface area contributed by atoms with Crippen molar-refractivity contribution in [2.45, 2.75) is 19.4 Å². The summed E-state index contributed by atoms with van der Waals surface area (Å²) in [5, 5.41) is 4.28. The first-order chi connectivity index (χ1) is 8.65. The molecule has 1 amide bonds. The first-order valence-electron chi connectivity index (χ1n) is 6.17. The number of anilines is 2. The summed E-state index contributed by atoms with van der Waals surface area (Å²) >= 11 is 1.40. The van der Waals surface area contributed by atoms with Gasteiger partial charge in [0.05, 0.1) is 10.7 Å². The highest BCUT2D eigenvalue weighted by Gasteiger charge is 2.21. The van der Waals surface area contributed by atoms with Crippen molar-refractivity contribution in [2.75, 3.05) is 45.8 Å². The number of nitrogens with two attached hydrogens (primary N) is 1. The predicted molar refractivity (Wildman–Crippen MR) is 83.0 cm³/mol. The number of hydrogen-bond donors (Lipinski definition) is 2. The lowest BCUT2D eigenvalue weighted by Crippen LogP contribution is -2.44. The van der Waals surface area contributed by atoms with E-state index in [0.29, 0.717) is 10.6 Å². The summed E-state index contributed by atoms with van der Waals surface area (Å²) in [6, 6.07) is 1.83. The maximum absolute atomic E-state index is 11.9. The monoisotopic (exact) mass is 284 g/mol. The van der Waals surface area contributed by atoms with E-state index in [4.69, 9.17) is 5.73 Å². The summed E-state index contributed by atoms with van der Waals surface area (Å²) < 4.78 is 0. The number of thiophene rings is 1. The van der Waals surface area contributed by atoms with Gasteiger partial charge in [-0.2, -0.15) is 0 Å². The van der Waals surface area contributed by atoms with Crippen molar-refractivity contribution in [3.63, 3.8) is 0 Å². The van der Waals surface area contributed by atoms with Crippen LogP contribution in [-0.4, -0.2) is 56.0 Å². The van der Waals surface area contributed by atoms with Gasteiger partial charge in [-0.05, 0) is 34.0 Å². The van der Waals surface area contributed by atoms with E-state index in [1.54, 1.807) is 14.1 Å². The van der Waals surface area contributed by atoms with Gasteiger partial charge >= 0.3 is 0 Å². The SMILES string of the molecule is CN(C)C(=O)c1sc(NCC(C)(C)N(C)C)cc1N. The van der Waals surface area contributed by atoms with Crippen molar-refractivity contribution < 1.29 is 4.79 Å². The van der Waals surface area contributed by atoms with Gasteiger partial charge in [0.1, 0.15) is 4.88 Å². The summed E-state index contributed by atoms with van der Waals surface area (Å²) in [7, 11) is 7.55. The van der Waals surface area contributed by atoms with E-state index >= 15 is 0 Å². The number of hydrogen-bond acceptors (Lipinski definition) is 5. The first kappa shape index (κ1) is 15.8. The lowest BCUT2D eigenvalue weighted by atomic mass is 10.0. The van der Waals surface area contributed by atoms with Gasteiger partial charge in [-0.3, -0.25) is 4.79 Å². The van der Waals surface area contributed by atoms with Crippen LogP contribution in [0.25, 0.3) is 0 Å². The molecule has 19 heavy (non-hydrogen) atoms. The Kier molecular flexibility index (Phi) is 4.81. The Balaban J connectivity index is 2.77. The standard InChI is InChI=1S/C13H24N4OS/c1-13(2,17(5)6)8-15-10-7-9(14)11(19-10)12(18)16(3)4/h7,15H,8,14H2,1-6H3. The van der Waals surface area contributed by atoms with Gasteiger partial charge in [0, 0.05) is 26.2 Å². The van der Waals surface area contributed by atoms with Crippen molar-refractivity contribution in [3.8, 4) is 0 Å². The highest BCUT2D eigenvalue weighted by molar-refractivity contribution is 7.18. The fourth-order valence-electron chi connectivity index (χ4n) is 1.32. The number of carbonyl (C=O) groups is 1. The molecule has 1 rings (SSSR count). The summed E-state index contributed by atoms with van der Waals surface area (Å²) in [6.45, 7) is 5.10. The number of rotatable bonds is 5. The molecule has 0 aliphatic heterocycles. The average Bonchev–Trinajstić information content (AvgIpc) is 2.66. The third kappa shape index (κ3) is 3.84. The normalized spacial score (nSPS) is 11.7. The Morgan fingerprint density at radius 2 is 1.95 bits per heavy atom. The maximum atomic E-state index is 11.9. The van der Waals surface area contributed by atoms with Crippen LogP contribution in [-0.2, 0) is 0 Å². The molecule has 5 nitrogen and oxygen atoms in total. The molecule has 0 bridgehead atoms. The molecular weight excluding hydrogens is 260 g/mol. The van der Waals surface area contributed by atoms with E-state index in [0.717, 1.165) is 11.5 Å². The van der Waals surface area contributed by atoms with Gasteiger partial charge in [0.2, 0.25) is 0 Å². The van der Waals surface area contributed by atoms with E-state index in [9.17, 15) is 4.79 Å². The Labute approximate surface area is 119 Å². The molecule has 0 aliphatic carbocycles. The molecule has 0 spiro atoms. The molecule has 3 N–H and O–H groups in total. The lowest BCUT2D eigenvalue weighted by molar-refractivity contribution is 0.0833. The molecule has 0 aliphatic rings. The van der Waals surface area contributed by atoms with E-state index < -0.39 is 0 Å².